The van der Waals surface area contributed by atoms with E-state index in [0.29, 0.717) is 34.9 Å². The number of rotatable bonds is 8. The second-order valence-corrected chi connectivity index (χ2v) is 11.8. The number of aromatic nitrogens is 1. The molecule has 2 N–H and O–H groups in total. The summed E-state index contributed by atoms with van der Waals surface area (Å²) in [6.45, 7) is 1.39. The molecule has 5 rings (SSSR count). The molecule has 192 valence electrons. The SMILES string of the molecule is O=C(NC[C@H]1CCCO1)c1ccccc1NS(=O)(=O)c1ccc2c(c1)sc(=O)n2Cc1ccc(Cl)cc1. The van der Waals surface area contributed by atoms with Crippen LogP contribution in [0.1, 0.15) is 28.8 Å². The summed E-state index contributed by atoms with van der Waals surface area (Å²) in [7, 11) is -4.03. The maximum Gasteiger partial charge on any atom is 0.308 e. The first-order chi connectivity index (χ1) is 17.8. The molecule has 0 bridgehead atoms. The van der Waals surface area contributed by atoms with Gasteiger partial charge in [0.2, 0.25) is 0 Å². The summed E-state index contributed by atoms with van der Waals surface area (Å²) < 4.78 is 36.7. The van der Waals surface area contributed by atoms with Crippen LogP contribution < -0.4 is 14.9 Å². The smallest absolute Gasteiger partial charge is 0.308 e. The Balaban J connectivity index is 1.37. The van der Waals surface area contributed by atoms with E-state index in [1.165, 1.54) is 18.2 Å². The van der Waals surface area contributed by atoms with Gasteiger partial charge in [-0.1, -0.05) is 47.2 Å². The molecule has 1 aromatic heterocycles. The van der Waals surface area contributed by atoms with Crippen LogP contribution in [0, 0.1) is 0 Å². The molecule has 1 aliphatic rings. The summed E-state index contributed by atoms with van der Waals surface area (Å²) in [5.74, 6) is -0.387. The van der Waals surface area contributed by atoms with Gasteiger partial charge in [0.1, 0.15) is 0 Å². The molecule has 1 amide bonds. The zero-order chi connectivity index (χ0) is 26.0. The van der Waals surface area contributed by atoms with Gasteiger partial charge in [0, 0.05) is 18.2 Å². The van der Waals surface area contributed by atoms with Crippen LogP contribution in [0.2, 0.25) is 5.02 Å². The van der Waals surface area contributed by atoms with Gasteiger partial charge in [-0.15, -0.1) is 0 Å². The number of anilines is 1. The minimum atomic E-state index is -4.03. The first kappa shape index (κ1) is 25.5. The van der Waals surface area contributed by atoms with Gasteiger partial charge in [-0.2, -0.15) is 0 Å². The summed E-state index contributed by atoms with van der Waals surface area (Å²) in [5, 5.41) is 3.43. The van der Waals surface area contributed by atoms with Crippen molar-refractivity contribution in [1.82, 2.24) is 9.88 Å². The molecular weight excluding hydrogens is 534 g/mol. The third kappa shape index (κ3) is 5.72. The van der Waals surface area contributed by atoms with E-state index >= 15 is 0 Å². The topological polar surface area (TPSA) is 106 Å². The van der Waals surface area contributed by atoms with Crippen LogP contribution in [0.25, 0.3) is 10.2 Å². The fraction of sp³-hybridized carbons (Fsp3) is 0.231. The lowest BCUT2D eigenvalue weighted by molar-refractivity contribution is 0.0858. The van der Waals surface area contributed by atoms with Crippen molar-refractivity contribution >= 4 is 54.8 Å². The Bertz CT molecular complexity index is 1610. The van der Waals surface area contributed by atoms with Crippen molar-refractivity contribution in [3.63, 3.8) is 0 Å². The van der Waals surface area contributed by atoms with Crippen molar-refractivity contribution in [1.29, 1.82) is 0 Å². The molecular formula is C26H24ClN3O5S2. The van der Waals surface area contributed by atoms with Crippen LogP contribution in [0.3, 0.4) is 0 Å². The lowest BCUT2D eigenvalue weighted by Crippen LogP contribution is -2.32. The molecule has 1 aliphatic heterocycles. The van der Waals surface area contributed by atoms with E-state index in [1.807, 2.05) is 12.1 Å². The van der Waals surface area contributed by atoms with E-state index in [9.17, 15) is 18.0 Å². The van der Waals surface area contributed by atoms with Crippen molar-refractivity contribution in [2.45, 2.75) is 30.4 Å². The average molecular weight is 558 g/mol. The molecule has 1 atom stereocenters. The third-order valence-electron chi connectivity index (χ3n) is 6.13. The van der Waals surface area contributed by atoms with Crippen LogP contribution in [0.4, 0.5) is 5.69 Å². The molecule has 0 aliphatic carbocycles. The highest BCUT2D eigenvalue weighted by Gasteiger charge is 2.22. The molecule has 37 heavy (non-hydrogen) atoms. The van der Waals surface area contributed by atoms with Crippen molar-refractivity contribution < 1.29 is 17.9 Å². The number of amides is 1. The number of para-hydroxylation sites is 1. The normalized spacial score (nSPS) is 15.6. The van der Waals surface area contributed by atoms with Gasteiger partial charge in [-0.25, -0.2) is 8.42 Å². The van der Waals surface area contributed by atoms with E-state index in [4.69, 9.17) is 16.3 Å². The highest BCUT2D eigenvalue weighted by atomic mass is 35.5. The average Bonchev–Trinajstić information content (AvgIpc) is 3.51. The van der Waals surface area contributed by atoms with E-state index in [-0.39, 0.29) is 33.0 Å². The lowest BCUT2D eigenvalue weighted by Gasteiger charge is -2.14. The Morgan fingerprint density at radius 1 is 1.11 bits per heavy atom. The van der Waals surface area contributed by atoms with Gasteiger partial charge in [0.05, 0.1) is 39.0 Å². The summed E-state index contributed by atoms with van der Waals surface area (Å²) >= 11 is 6.93. The first-order valence-electron chi connectivity index (χ1n) is 11.7. The maximum absolute atomic E-state index is 13.2. The quantitative estimate of drug-likeness (QED) is 0.332. The fourth-order valence-electron chi connectivity index (χ4n) is 4.22. The Labute approximate surface area is 222 Å². The summed E-state index contributed by atoms with van der Waals surface area (Å²) in [5.41, 5.74) is 1.92. The van der Waals surface area contributed by atoms with E-state index in [0.717, 1.165) is 29.7 Å². The number of fused-ring (bicyclic) bond motifs is 1. The number of benzene rings is 3. The molecule has 0 radical (unpaired) electrons. The lowest BCUT2D eigenvalue weighted by atomic mass is 10.1. The Kier molecular flexibility index (Phi) is 7.34. The van der Waals surface area contributed by atoms with Gasteiger partial charge < -0.3 is 10.1 Å². The molecule has 2 heterocycles. The predicted octanol–water partition coefficient (Wildman–Crippen LogP) is 4.47. The number of thiazole rings is 1. The largest absolute Gasteiger partial charge is 0.376 e. The number of nitrogens with zero attached hydrogens (tertiary/aromatic N) is 1. The molecule has 1 saturated heterocycles. The van der Waals surface area contributed by atoms with Crippen LogP contribution in [-0.2, 0) is 21.3 Å². The zero-order valence-electron chi connectivity index (χ0n) is 19.6. The molecule has 11 heteroatoms. The van der Waals surface area contributed by atoms with Crippen molar-refractivity contribution in [3.8, 4) is 0 Å². The molecule has 3 aromatic carbocycles. The maximum atomic E-state index is 13.2. The number of carbonyl (C=O) groups is 1. The van der Waals surface area contributed by atoms with Crippen LogP contribution in [-0.4, -0.2) is 38.1 Å². The Morgan fingerprint density at radius 3 is 2.65 bits per heavy atom. The molecule has 8 nitrogen and oxygen atoms in total. The molecule has 4 aromatic rings. The zero-order valence-corrected chi connectivity index (χ0v) is 22.0. The molecule has 0 spiro atoms. The second-order valence-electron chi connectivity index (χ2n) is 8.71. The minimum Gasteiger partial charge on any atom is -0.376 e. The predicted molar refractivity (Wildman–Crippen MR) is 145 cm³/mol. The summed E-state index contributed by atoms with van der Waals surface area (Å²) in [6, 6.07) is 18.2. The van der Waals surface area contributed by atoms with Crippen LogP contribution >= 0.6 is 22.9 Å². The molecule has 0 unspecified atom stereocenters. The number of hydrogen-bond donors (Lipinski definition) is 2. The third-order valence-corrected chi connectivity index (χ3v) is 8.69. The van der Waals surface area contributed by atoms with Crippen molar-refractivity contribution in [3.05, 3.63) is 92.5 Å². The Morgan fingerprint density at radius 2 is 1.89 bits per heavy atom. The van der Waals surface area contributed by atoms with Crippen LogP contribution in [0.15, 0.2) is 76.4 Å². The fourth-order valence-corrected chi connectivity index (χ4v) is 6.45. The molecule has 0 saturated carbocycles. The number of halogens is 1. The number of nitrogens with one attached hydrogen (secondary N) is 2. The number of sulfonamides is 1. The van der Waals surface area contributed by atoms with E-state index in [2.05, 4.69) is 10.0 Å². The van der Waals surface area contributed by atoms with Gasteiger partial charge in [-0.3, -0.25) is 18.9 Å². The van der Waals surface area contributed by atoms with E-state index < -0.39 is 10.0 Å². The van der Waals surface area contributed by atoms with Gasteiger partial charge in [0.15, 0.2) is 0 Å². The van der Waals surface area contributed by atoms with Crippen molar-refractivity contribution in [2.24, 2.45) is 0 Å². The minimum absolute atomic E-state index is 0.00513. The van der Waals surface area contributed by atoms with Gasteiger partial charge in [0.25, 0.3) is 15.9 Å². The van der Waals surface area contributed by atoms with Gasteiger partial charge >= 0.3 is 4.87 Å². The highest BCUT2D eigenvalue weighted by Crippen LogP contribution is 2.26. The summed E-state index contributed by atoms with van der Waals surface area (Å²) in [6.07, 6.45) is 1.81. The number of carbonyl (C=O) groups excluding carboxylic acids is 1. The monoisotopic (exact) mass is 557 g/mol. The summed E-state index contributed by atoms with van der Waals surface area (Å²) in [4.78, 5) is 25.3. The Hall–Kier alpha value is -3.18. The first-order valence-corrected chi connectivity index (χ1v) is 14.4. The second kappa shape index (κ2) is 10.7. The van der Waals surface area contributed by atoms with E-state index in [1.54, 1.807) is 41.0 Å². The van der Waals surface area contributed by atoms with Crippen LogP contribution in [0.5, 0.6) is 0 Å². The standard InChI is InChI=1S/C26H24ClN3O5S2/c27-18-9-7-17(8-10-18)16-30-23-12-11-20(14-24(23)36-26(30)32)37(33,34)29-22-6-2-1-5-21(22)25(31)28-15-19-4-3-13-35-19/h1-2,5-12,14,19,29H,3-4,13,15-16H2,(H,28,31)/t19-/m1/s1. The van der Waals surface area contributed by atoms with Crippen molar-refractivity contribution in [2.75, 3.05) is 17.9 Å². The number of hydrogen-bond acceptors (Lipinski definition) is 6. The highest BCUT2D eigenvalue weighted by molar-refractivity contribution is 7.92. The number of ether oxygens (including phenoxy) is 1. The van der Waals surface area contributed by atoms with Gasteiger partial charge in [-0.05, 0) is 60.9 Å². The molecule has 1 fully saturated rings.